The molecule has 1 aliphatic heterocycles. The van der Waals surface area contributed by atoms with E-state index in [0.29, 0.717) is 0 Å². The highest BCUT2D eigenvalue weighted by atomic mass is 16.6. The summed E-state index contributed by atoms with van der Waals surface area (Å²) in [4.78, 5) is 0. The minimum absolute atomic E-state index is 0.116. The molecule has 18 heavy (non-hydrogen) atoms. The van der Waals surface area contributed by atoms with Crippen molar-refractivity contribution in [3.8, 4) is 11.8 Å². The Labute approximate surface area is 99.9 Å². The van der Waals surface area contributed by atoms with E-state index in [4.69, 9.17) is 9.47 Å². The van der Waals surface area contributed by atoms with Gasteiger partial charge in [-0.2, -0.15) is 0 Å². The van der Waals surface area contributed by atoms with Gasteiger partial charge in [-0.15, -0.1) is 10.2 Å². The summed E-state index contributed by atoms with van der Waals surface area (Å²) in [5.74, 6) is 0.512. The Morgan fingerprint density at radius 1 is 0.722 bits per heavy atom. The molecule has 0 saturated carbocycles. The van der Waals surface area contributed by atoms with Gasteiger partial charge in [-0.05, 0) is 34.5 Å². The molecule has 0 radical (unpaired) electrons. The monoisotopic (exact) mass is 252 g/mol. The van der Waals surface area contributed by atoms with E-state index in [1.54, 1.807) is 13.8 Å². The molecule has 0 spiro atoms. The lowest BCUT2D eigenvalue weighted by molar-refractivity contribution is 0.0657. The van der Waals surface area contributed by atoms with E-state index < -0.39 is 0 Å². The van der Waals surface area contributed by atoms with E-state index in [-0.39, 0.29) is 35.6 Å². The highest BCUT2D eigenvalue weighted by Gasteiger charge is 2.25. The number of ether oxygens (including phenoxy) is 2. The number of hydrogen-bond donors (Lipinski definition) is 0. The average Bonchev–Trinajstić information content (AvgIpc) is 2.95. The molecule has 3 rings (SSSR count). The molecule has 2 atom stereocenters. The van der Waals surface area contributed by atoms with Crippen molar-refractivity contribution in [3.05, 3.63) is 0 Å². The molecule has 1 aliphatic rings. The van der Waals surface area contributed by atoms with Crippen LogP contribution in [-0.2, 0) is 0 Å². The molecule has 94 valence electrons. The van der Waals surface area contributed by atoms with Crippen molar-refractivity contribution in [2.75, 3.05) is 0 Å². The molecule has 0 bridgehead atoms. The zero-order chi connectivity index (χ0) is 12.5. The van der Waals surface area contributed by atoms with E-state index in [1.807, 2.05) is 0 Å². The lowest BCUT2D eigenvalue weighted by atomic mass is 10.2. The molecule has 0 fully saturated rings. The zero-order valence-electron chi connectivity index (χ0n) is 9.47. The van der Waals surface area contributed by atoms with Gasteiger partial charge >= 0.3 is 11.8 Å². The number of nitrogens with zero attached hydrogens (tertiary/aromatic N) is 6. The first-order chi connectivity index (χ1) is 8.74. The number of hydrogen-bond acceptors (Lipinski definition) is 10. The van der Waals surface area contributed by atoms with Crippen molar-refractivity contribution in [3.63, 3.8) is 0 Å². The molecule has 0 saturated heterocycles. The van der Waals surface area contributed by atoms with Crippen LogP contribution in [0.1, 0.15) is 13.8 Å². The maximum Gasteiger partial charge on any atom is 0.305 e. The Morgan fingerprint density at radius 3 is 1.61 bits per heavy atom. The SMILES string of the molecule is CC1Oc2nonc2N=Nc2nonc2OC1C. The minimum Gasteiger partial charge on any atom is -0.466 e. The molecule has 0 N–H and O–H groups in total. The lowest BCUT2D eigenvalue weighted by Crippen LogP contribution is -2.31. The van der Waals surface area contributed by atoms with Gasteiger partial charge in [-0.25, -0.2) is 9.26 Å². The van der Waals surface area contributed by atoms with Crippen LogP contribution in [0.25, 0.3) is 0 Å². The van der Waals surface area contributed by atoms with Crippen LogP contribution < -0.4 is 9.47 Å². The number of rotatable bonds is 0. The predicted octanol–water partition coefficient (Wildman–Crippen LogP) is 1.42. The van der Waals surface area contributed by atoms with E-state index in [1.165, 1.54) is 0 Å². The van der Waals surface area contributed by atoms with Crippen LogP contribution in [0.4, 0.5) is 11.6 Å². The fourth-order valence-corrected chi connectivity index (χ4v) is 1.26. The highest BCUT2D eigenvalue weighted by molar-refractivity contribution is 5.40. The second kappa shape index (κ2) is 4.05. The first-order valence-corrected chi connectivity index (χ1v) is 5.14. The summed E-state index contributed by atoms with van der Waals surface area (Å²) in [5.41, 5.74) is 0. The molecule has 0 aromatic carbocycles. The van der Waals surface area contributed by atoms with Gasteiger partial charge in [-0.3, -0.25) is 0 Å². The summed E-state index contributed by atoms with van der Waals surface area (Å²) in [5, 5.41) is 21.8. The van der Waals surface area contributed by atoms with E-state index in [9.17, 15) is 0 Å². The summed E-state index contributed by atoms with van der Waals surface area (Å²) >= 11 is 0. The predicted molar refractivity (Wildman–Crippen MR) is 53.0 cm³/mol. The molecule has 0 amide bonds. The molecule has 3 heterocycles. The summed E-state index contributed by atoms with van der Waals surface area (Å²) in [6, 6.07) is 0. The normalized spacial score (nSPS) is 22.6. The zero-order valence-corrected chi connectivity index (χ0v) is 9.47. The standard InChI is InChI=1S/C8H8N6O4/c1-3-4(2)16-8-6(12-18-14-8)10-9-5-7(15-3)13-17-11-5/h3-4H,1-2H3. The Balaban J connectivity index is 2.05. The maximum atomic E-state index is 5.49. The van der Waals surface area contributed by atoms with Crippen molar-refractivity contribution < 1.29 is 18.7 Å². The molecular weight excluding hydrogens is 244 g/mol. The van der Waals surface area contributed by atoms with Gasteiger partial charge in [0.2, 0.25) is 0 Å². The fourth-order valence-electron chi connectivity index (χ4n) is 1.26. The first kappa shape index (κ1) is 10.6. The van der Waals surface area contributed by atoms with E-state index >= 15 is 0 Å². The highest BCUT2D eigenvalue weighted by Crippen LogP contribution is 2.31. The second-order valence-corrected chi connectivity index (χ2v) is 3.63. The van der Waals surface area contributed by atoms with Crippen molar-refractivity contribution in [1.82, 2.24) is 20.6 Å². The maximum absolute atomic E-state index is 5.49. The van der Waals surface area contributed by atoms with Crippen molar-refractivity contribution >= 4 is 11.6 Å². The van der Waals surface area contributed by atoms with Gasteiger partial charge in [0.25, 0.3) is 11.6 Å². The Morgan fingerprint density at radius 2 is 1.17 bits per heavy atom. The lowest BCUT2D eigenvalue weighted by Gasteiger charge is -2.20. The van der Waals surface area contributed by atoms with Crippen LogP contribution >= 0.6 is 0 Å². The topological polar surface area (TPSA) is 121 Å². The summed E-state index contributed by atoms with van der Waals surface area (Å²) < 4.78 is 20.1. The van der Waals surface area contributed by atoms with Gasteiger partial charge < -0.3 is 9.47 Å². The largest absolute Gasteiger partial charge is 0.466 e. The van der Waals surface area contributed by atoms with Crippen LogP contribution in [-0.4, -0.2) is 32.8 Å². The van der Waals surface area contributed by atoms with E-state index in [0.717, 1.165) is 0 Å². The van der Waals surface area contributed by atoms with Crippen LogP contribution in [0.15, 0.2) is 19.5 Å². The van der Waals surface area contributed by atoms with Crippen LogP contribution in [0.5, 0.6) is 11.8 Å². The minimum atomic E-state index is -0.325. The molecule has 10 heteroatoms. The van der Waals surface area contributed by atoms with Gasteiger partial charge in [0.1, 0.15) is 12.2 Å². The van der Waals surface area contributed by atoms with Crippen LogP contribution in [0, 0.1) is 0 Å². The smallest absolute Gasteiger partial charge is 0.305 e. The van der Waals surface area contributed by atoms with Crippen LogP contribution in [0.2, 0.25) is 0 Å². The quantitative estimate of drug-likeness (QED) is 0.689. The molecule has 10 nitrogen and oxygen atoms in total. The van der Waals surface area contributed by atoms with Gasteiger partial charge in [0.05, 0.1) is 0 Å². The van der Waals surface area contributed by atoms with Crippen molar-refractivity contribution in [2.24, 2.45) is 10.2 Å². The second-order valence-electron chi connectivity index (χ2n) is 3.63. The van der Waals surface area contributed by atoms with Gasteiger partial charge in [-0.1, -0.05) is 0 Å². The number of azo groups is 1. The molecular formula is C8H8N6O4. The molecule has 2 unspecified atom stereocenters. The third kappa shape index (κ3) is 1.77. The van der Waals surface area contributed by atoms with E-state index in [2.05, 4.69) is 40.1 Å². The molecule has 2 aromatic heterocycles. The Kier molecular flexibility index (Phi) is 2.39. The third-order valence-corrected chi connectivity index (χ3v) is 2.38. The van der Waals surface area contributed by atoms with Gasteiger partial charge in [0.15, 0.2) is 0 Å². The Bertz CT molecular complexity index is 527. The fraction of sp³-hybridized carbons (Fsp3) is 0.500. The van der Waals surface area contributed by atoms with Crippen molar-refractivity contribution in [2.45, 2.75) is 26.1 Å². The first-order valence-electron chi connectivity index (χ1n) is 5.14. The van der Waals surface area contributed by atoms with Crippen molar-refractivity contribution in [1.29, 1.82) is 0 Å². The number of aromatic nitrogens is 4. The summed E-state index contributed by atoms with van der Waals surface area (Å²) in [6.45, 7) is 3.60. The number of fused-ring (bicyclic) bond motifs is 2. The van der Waals surface area contributed by atoms with Gasteiger partial charge in [0, 0.05) is 0 Å². The third-order valence-electron chi connectivity index (χ3n) is 2.38. The summed E-state index contributed by atoms with van der Waals surface area (Å²) in [7, 11) is 0. The van der Waals surface area contributed by atoms with Crippen LogP contribution in [0.3, 0.4) is 0 Å². The molecule has 2 aromatic rings. The summed E-state index contributed by atoms with van der Waals surface area (Å²) in [6.07, 6.45) is -0.651. The molecule has 0 aliphatic carbocycles. The Hall–Kier alpha value is -2.52. The average molecular weight is 252 g/mol.